The maximum Gasteiger partial charge on any atom is 0.249 e. The fourth-order valence-electron chi connectivity index (χ4n) is 3.16. The molecular formula is C23H24N4O4S. The molecule has 3 rings (SSSR count). The van der Waals surface area contributed by atoms with Crippen molar-refractivity contribution in [1.82, 2.24) is 0 Å². The van der Waals surface area contributed by atoms with E-state index in [0.29, 0.717) is 28.1 Å². The number of aliphatic hydroxyl groups is 1. The number of carbonyl (C=O) groups excluding carboxylic acids is 1. The number of nitrogens with one attached hydrogen (secondary N) is 3. The minimum absolute atomic E-state index is 0.101. The van der Waals surface area contributed by atoms with E-state index in [1.165, 1.54) is 0 Å². The summed E-state index contributed by atoms with van der Waals surface area (Å²) >= 11 is 0. The van der Waals surface area contributed by atoms with E-state index in [1.807, 2.05) is 0 Å². The van der Waals surface area contributed by atoms with Crippen LogP contribution in [0.4, 0.5) is 11.4 Å². The van der Waals surface area contributed by atoms with Crippen LogP contribution in [0.1, 0.15) is 5.56 Å². The summed E-state index contributed by atoms with van der Waals surface area (Å²) in [5.41, 5.74) is 8.29. The summed E-state index contributed by atoms with van der Waals surface area (Å²) in [5.74, 6) is -0.554. The molecule has 9 heteroatoms. The van der Waals surface area contributed by atoms with E-state index >= 15 is 0 Å². The monoisotopic (exact) mass is 452 g/mol. The number of nitrogen functional groups attached to an aromatic ring is 1. The average Bonchev–Trinajstić information content (AvgIpc) is 2.77. The number of nitrogens with two attached hydrogens (primary N) is 1. The molecule has 0 aliphatic heterocycles. The molecule has 0 aliphatic rings. The Labute approximate surface area is 186 Å². The second-order valence-corrected chi connectivity index (χ2v) is 9.19. The first kappa shape index (κ1) is 23.0. The summed E-state index contributed by atoms with van der Waals surface area (Å²) in [7, 11) is -3.39. The number of aliphatic hydroxyl groups excluding tert-OH is 1. The molecular weight excluding hydrogens is 428 g/mol. The Kier molecular flexibility index (Phi) is 6.92. The molecule has 1 atom stereocenters. The van der Waals surface area contributed by atoms with Crippen LogP contribution in [0.2, 0.25) is 0 Å². The highest BCUT2D eigenvalue weighted by Gasteiger charge is 2.18. The molecule has 0 spiro atoms. The van der Waals surface area contributed by atoms with Crippen molar-refractivity contribution in [2.45, 2.75) is 10.9 Å². The first-order valence-electron chi connectivity index (χ1n) is 9.71. The third-order valence-electron chi connectivity index (χ3n) is 4.76. The van der Waals surface area contributed by atoms with Gasteiger partial charge in [0.2, 0.25) is 5.91 Å². The first-order chi connectivity index (χ1) is 15.2. The van der Waals surface area contributed by atoms with Crippen molar-refractivity contribution in [3.8, 4) is 11.1 Å². The molecule has 1 amide bonds. The molecule has 8 nitrogen and oxygen atoms in total. The smallest absolute Gasteiger partial charge is 0.249 e. The lowest BCUT2D eigenvalue weighted by atomic mass is 10.1. The SMILES string of the molecule is CS(=O)(=O)c1ccccc1-c1ccc(NC(=O)[C@H](CO)Nc2cccc(C(=N)N)c2)cc1. The van der Waals surface area contributed by atoms with Crippen LogP contribution in [0.25, 0.3) is 11.1 Å². The molecule has 0 radical (unpaired) electrons. The molecule has 6 N–H and O–H groups in total. The van der Waals surface area contributed by atoms with E-state index in [-0.39, 0.29) is 10.7 Å². The van der Waals surface area contributed by atoms with Gasteiger partial charge in [-0.25, -0.2) is 8.42 Å². The maximum atomic E-state index is 12.6. The number of amidine groups is 1. The fraction of sp³-hybridized carbons (Fsp3) is 0.130. The topological polar surface area (TPSA) is 145 Å². The van der Waals surface area contributed by atoms with Crippen LogP contribution in [-0.4, -0.2) is 44.2 Å². The average molecular weight is 453 g/mol. The summed E-state index contributed by atoms with van der Waals surface area (Å²) < 4.78 is 24.1. The lowest BCUT2D eigenvalue weighted by Crippen LogP contribution is -2.37. The zero-order valence-electron chi connectivity index (χ0n) is 17.4. The van der Waals surface area contributed by atoms with Gasteiger partial charge in [0.1, 0.15) is 11.9 Å². The number of hydrogen-bond acceptors (Lipinski definition) is 6. The van der Waals surface area contributed by atoms with Gasteiger partial charge in [0.05, 0.1) is 11.5 Å². The second kappa shape index (κ2) is 9.63. The van der Waals surface area contributed by atoms with E-state index in [9.17, 15) is 18.3 Å². The molecule has 3 aromatic carbocycles. The van der Waals surface area contributed by atoms with Crippen molar-refractivity contribution < 1.29 is 18.3 Å². The molecule has 0 bridgehead atoms. The molecule has 0 saturated carbocycles. The molecule has 32 heavy (non-hydrogen) atoms. The molecule has 3 aromatic rings. The van der Waals surface area contributed by atoms with Crippen molar-refractivity contribution in [2.75, 3.05) is 23.5 Å². The Morgan fingerprint density at radius 1 is 1.03 bits per heavy atom. The number of amides is 1. The van der Waals surface area contributed by atoms with E-state index in [0.717, 1.165) is 6.26 Å². The van der Waals surface area contributed by atoms with Crippen LogP contribution < -0.4 is 16.4 Å². The predicted molar refractivity (Wildman–Crippen MR) is 126 cm³/mol. The zero-order chi connectivity index (χ0) is 23.3. The molecule has 0 aliphatic carbocycles. The number of anilines is 2. The lowest BCUT2D eigenvalue weighted by Gasteiger charge is -2.18. The fourth-order valence-corrected chi connectivity index (χ4v) is 4.07. The van der Waals surface area contributed by atoms with Crippen molar-refractivity contribution in [3.63, 3.8) is 0 Å². The number of carbonyl (C=O) groups is 1. The van der Waals surface area contributed by atoms with Crippen LogP contribution in [0.3, 0.4) is 0 Å². The van der Waals surface area contributed by atoms with E-state index in [2.05, 4.69) is 10.6 Å². The Hall–Kier alpha value is -3.69. The minimum atomic E-state index is -3.39. The summed E-state index contributed by atoms with van der Waals surface area (Å²) in [6.07, 6.45) is 1.16. The molecule has 0 aromatic heterocycles. The Morgan fingerprint density at radius 3 is 2.34 bits per heavy atom. The first-order valence-corrected chi connectivity index (χ1v) is 11.6. The van der Waals surface area contributed by atoms with Gasteiger partial charge in [-0.05, 0) is 35.9 Å². The Bertz CT molecular complexity index is 1240. The van der Waals surface area contributed by atoms with Gasteiger partial charge >= 0.3 is 0 Å². The highest BCUT2D eigenvalue weighted by molar-refractivity contribution is 7.90. The van der Waals surface area contributed by atoms with Gasteiger partial charge < -0.3 is 21.5 Å². The highest BCUT2D eigenvalue weighted by atomic mass is 32.2. The molecule has 0 heterocycles. The normalized spacial score (nSPS) is 12.1. The number of benzene rings is 3. The van der Waals surface area contributed by atoms with Gasteiger partial charge in [-0.3, -0.25) is 10.2 Å². The van der Waals surface area contributed by atoms with Gasteiger partial charge in [-0.15, -0.1) is 0 Å². The van der Waals surface area contributed by atoms with E-state index in [1.54, 1.807) is 72.8 Å². The van der Waals surface area contributed by atoms with Crippen molar-refractivity contribution in [1.29, 1.82) is 5.41 Å². The predicted octanol–water partition coefficient (Wildman–Crippen LogP) is 2.45. The quantitative estimate of drug-likeness (QED) is 0.262. The van der Waals surface area contributed by atoms with E-state index in [4.69, 9.17) is 11.1 Å². The van der Waals surface area contributed by atoms with E-state index < -0.39 is 28.4 Å². The molecule has 0 fully saturated rings. The maximum absolute atomic E-state index is 12.6. The van der Waals surface area contributed by atoms with Crippen LogP contribution in [0.15, 0.2) is 77.7 Å². The Balaban J connectivity index is 1.74. The summed E-state index contributed by atoms with van der Waals surface area (Å²) in [6.45, 7) is -0.448. The standard InChI is InChI=1S/C23H24N4O4S/c1-32(30,31)21-8-3-2-7-19(21)15-9-11-17(12-10-15)27-23(29)20(14-28)26-18-6-4-5-16(13-18)22(24)25/h2-13,20,26,28H,14H2,1H3,(H3,24,25)(H,27,29)/t20-/m0/s1. The number of sulfone groups is 1. The van der Waals surface area contributed by atoms with Crippen molar-refractivity contribution >= 4 is 33.0 Å². The third kappa shape index (κ3) is 5.51. The van der Waals surface area contributed by atoms with Crippen LogP contribution >= 0.6 is 0 Å². The second-order valence-electron chi connectivity index (χ2n) is 7.21. The van der Waals surface area contributed by atoms with Gasteiger partial charge in [0, 0.05) is 28.8 Å². The third-order valence-corrected chi connectivity index (χ3v) is 5.92. The molecule has 0 unspecified atom stereocenters. The zero-order valence-corrected chi connectivity index (χ0v) is 18.2. The van der Waals surface area contributed by atoms with Crippen molar-refractivity contribution in [3.05, 3.63) is 78.4 Å². The summed E-state index contributed by atoms with van der Waals surface area (Å²) in [6, 6.07) is 19.2. The number of rotatable bonds is 8. The summed E-state index contributed by atoms with van der Waals surface area (Å²) in [4.78, 5) is 12.9. The lowest BCUT2D eigenvalue weighted by molar-refractivity contribution is -0.117. The largest absolute Gasteiger partial charge is 0.394 e. The van der Waals surface area contributed by atoms with Crippen LogP contribution in [-0.2, 0) is 14.6 Å². The van der Waals surface area contributed by atoms with Gasteiger partial charge in [-0.1, -0.05) is 42.5 Å². The summed E-state index contributed by atoms with van der Waals surface area (Å²) in [5, 5.41) is 22.8. The number of hydrogen-bond donors (Lipinski definition) is 5. The van der Waals surface area contributed by atoms with Gasteiger partial charge in [0.25, 0.3) is 0 Å². The Morgan fingerprint density at radius 2 is 1.72 bits per heavy atom. The van der Waals surface area contributed by atoms with Crippen LogP contribution in [0, 0.1) is 5.41 Å². The van der Waals surface area contributed by atoms with Crippen molar-refractivity contribution in [2.24, 2.45) is 5.73 Å². The minimum Gasteiger partial charge on any atom is -0.394 e. The van der Waals surface area contributed by atoms with Gasteiger partial charge in [-0.2, -0.15) is 0 Å². The highest BCUT2D eigenvalue weighted by Crippen LogP contribution is 2.28. The molecule has 166 valence electrons. The molecule has 0 saturated heterocycles. The van der Waals surface area contributed by atoms with Crippen LogP contribution in [0.5, 0.6) is 0 Å². The van der Waals surface area contributed by atoms with Gasteiger partial charge in [0.15, 0.2) is 9.84 Å².